The van der Waals surface area contributed by atoms with Gasteiger partial charge in [0.1, 0.15) is 0 Å². The zero-order valence-electron chi connectivity index (χ0n) is 12.1. The molecule has 2 aliphatic heterocycles. The lowest BCUT2D eigenvalue weighted by molar-refractivity contribution is -0.142. The number of thiophene rings is 1. The van der Waals surface area contributed by atoms with E-state index in [-0.39, 0.29) is 24.0 Å². The molecule has 0 aromatic carbocycles. The van der Waals surface area contributed by atoms with E-state index in [0.717, 1.165) is 19.3 Å². The van der Waals surface area contributed by atoms with Gasteiger partial charge in [-0.1, -0.05) is 6.07 Å². The third-order valence-corrected chi connectivity index (χ3v) is 5.61. The Balaban J connectivity index is 1.61. The Morgan fingerprint density at radius 2 is 2.29 bits per heavy atom. The number of amides is 2. The molecule has 21 heavy (non-hydrogen) atoms. The molecule has 114 valence electrons. The molecule has 0 aliphatic carbocycles. The molecule has 3 unspecified atom stereocenters. The van der Waals surface area contributed by atoms with Gasteiger partial charge >= 0.3 is 12.0 Å². The van der Waals surface area contributed by atoms with Crippen LogP contribution in [-0.4, -0.2) is 52.6 Å². The molecule has 2 amide bonds. The van der Waals surface area contributed by atoms with E-state index in [1.54, 1.807) is 16.2 Å². The van der Waals surface area contributed by atoms with E-state index >= 15 is 0 Å². The third kappa shape index (κ3) is 2.64. The van der Waals surface area contributed by atoms with Crippen LogP contribution in [0, 0.1) is 5.92 Å². The van der Waals surface area contributed by atoms with Gasteiger partial charge in [0.25, 0.3) is 0 Å². The van der Waals surface area contributed by atoms with E-state index < -0.39 is 5.97 Å². The Bertz CT molecular complexity index is 531. The Hall–Kier alpha value is -1.56. The molecule has 1 aromatic heterocycles. The molecule has 2 bridgehead atoms. The highest BCUT2D eigenvalue weighted by Gasteiger charge is 2.51. The number of likely N-dealkylation sites (N-methyl/N-ethyl adjacent to an activating group) is 1. The van der Waals surface area contributed by atoms with Gasteiger partial charge in [0.05, 0.1) is 5.92 Å². The Morgan fingerprint density at radius 1 is 1.48 bits per heavy atom. The second-order valence-corrected chi connectivity index (χ2v) is 6.95. The predicted octanol–water partition coefficient (Wildman–Crippen LogP) is 2.28. The maximum absolute atomic E-state index is 12.6. The summed E-state index contributed by atoms with van der Waals surface area (Å²) in [5, 5.41) is 11.3. The molecule has 3 atom stereocenters. The largest absolute Gasteiger partial charge is 0.481 e. The average Bonchev–Trinajstić information content (AvgIpc) is 3.18. The van der Waals surface area contributed by atoms with Crippen LogP contribution in [0.2, 0.25) is 0 Å². The number of aliphatic carboxylic acids is 1. The first-order valence-electron chi connectivity index (χ1n) is 7.36. The summed E-state index contributed by atoms with van der Waals surface area (Å²) in [4.78, 5) is 28.7. The average molecular weight is 308 g/mol. The molecule has 0 saturated carbocycles. The van der Waals surface area contributed by atoms with Crippen LogP contribution in [0.15, 0.2) is 17.5 Å². The van der Waals surface area contributed by atoms with E-state index in [1.165, 1.54) is 4.88 Å². The lowest BCUT2D eigenvalue weighted by atomic mass is 9.89. The monoisotopic (exact) mass is 308 g/mol. The van der Waals surface area contributed by atoms with Gasteiger partial charge in [-0.25, -0.2) is 4.79 Å². The van der Waals surface area contributed by atoms with Crippen LogP contribution in [-0.2, 0) is 11.2 Å². The molecule has 0 radical (unpaired) electrons. The van der Waals surface area contributed by atoms with Crippen molar-refractivity contribution in [2.75, 3.05) is 13.6 Å². The molecule has 2 saturated heterocycles. The van der Waals surface area contributed by atoms with Crippen molar-refractivity contribution < 1.29 is 14.7 Å². The maximum atomic E-state index is 12.6. The van der Waals surface area contributed by atoms with Crippen molar-refractivity contribution in [3.05, 3.63) is 22.4 Å². The van der Waals surface area contributed by atoms with Gasteiger partial charge < -0.3 is 14.9 Å². The number of carboxylic acids is 1. The minimum atomic E-state index is -0.763. The third-order valence-electron chi connectivity index (χ3n) is 4.68. The maximum Gasteiger partial charge on any atom is 0.320 e. The van der Waals surface area contributed by atoms with Gasteiger partial charge in [-0.15, -0.1) is 11.3 Å². The summed E-state index contributed by atoms with van der Waals surface area (Å²) in [5.74, 6) is -1.14. The van der Waals surface area contributed by atoms with Crippen LogP contribution in [0.4, 0.5) is 4.79 Å². The fraction of sp³-hybridized carbons (Fsp3) is 0.600. The highest BCUT2D eigenvalue weighted by atomic mass is 32.1. The zero-order valence-corrected chi connectivity index (χ0v) is 12.9. The van der Waals surface area contributed by atoms with Crippen molar-refractivity contribution in [1.82, 2.24) is 9.80 Å². The number of carboxylic acid groups (broad SMARTS) is 1. The Morgan fingerprint density at radius 3 is 2.90 bits per heavy atom. The SMILES string of the molecule is CN(CCc1cccs1)C(=O)N1C2CCC1C(C(=O)O)C2. The highest BCUT2D eigenvalue weighted by Crippen LogP contribution is 2.42. The van der Waals surface area contributed by atoms with Crippen molar-refractivity contribution in [3.63, 3.8) is 0 Å². The van der Waals surface area contributed by atoms with Crippen LogP contribution in [0.5, 0.6) is 0 Å². The molecular weight excluding hydrogens is 288 g/mol. The first kappa shape index (κ1) is 14.4. The molecule has 3 heterocycles. The first-order chi connectivity index (χ1) is 10.1. The zero-order chi connectivity index (χ0) is 15.0. The van der Waals surface area contributed by atoms with Gasteiger partial charge in [-0.05, 0) is 37.1 Å². The van der Waals surface area contributed by atoms with Crippen molar-refractivity contribution in [3.8, 4) is 0 Å². The fourth-order valence-electron chi connectivity index (χ4n) is 3.58. The van der Waals surface area contributed by atoms with Crippen molar-refractivity contribution in [2.24, 2.45) is 5.92 Å². The number of carbonyl (C=O) groups is 2. The minimum Gasteiger partial charge on any atom is -0.481 e. The van der Waals surface area contributed by atoms with E-state index in [4.69, 9.17) is 0 Å². The molecule has 0 spiro atoms. The summed E-state index contributed by atoms with van der Waals surface area (Å²) in [6.45, 7) is 0.674. The number of carbonyl (C=O) groups excluding carboxylic acids is 1. The quantitative estimate of drug-likeness (QED) is 0.928. The fourth-order valence-corrected chi connectivity index (χ4v) is 4.28. The van der Waals surface area contributed by atoms with Gasteiger partial charge in [-0.2, -0.15) is 0 Å². The first-order valence-corrected chi connectivity index (χ1v) is 8.24. The number of rotatable bonds is 4. The summed E-state index contributed by atoms with van der Waals surface area (Å²) in [6, 6.07) is 4.09. The van der Waals surface area contributed by atoms with Crippen LogP contribution in [0.3, 0.4) is 0 Å². The van der Waals surface area contributed by atoms with E-state index in [0.29, 0.717) is 13.0 Å². The molecule has 5 nitrogen and oxygen atoms in total. The van der Waals surface area contributed by atoms with Crippen LogP contribution in [0.1, 0.15) is 24.1 Å². The number of nitrogens with zero attached hydrogens (tertiary/aromatic N) is 2. The van der Waals surface area contributed by atoms with Crippen molar-refractivity contribution >= 4 is 23.3 Å². The summed E-state index contributed by atoms with van der Waals surface area (Å²) in [5.41, 5.74) is 0. The number of hydrogen-bond donors (Lipinski definition) is 1. The van der Waals surface area contributed by atoms with Crippen molar-refractivity contribution in [2.45, 2.75) is 37.8 Å². The second kappa shape index (κ2) is 5.67. The molecule has 3 rings (SSSR count). The smallest absolute Gasteiger partial charge is 0.320 e. The number of hydrogen-bond acceptors (Lipinski definition) is 3. The molecular formula is C15H20N2O3S. The Kier molecular flexibility index (Phi) is 3.89. The standard InChI is InChI=1S/C15H20N2O3S/c1-16(7-6-11-3-2-8-21-11)15(20)17-10-4-5-13(17)12(9-10)14(18)19/h2-3,8,10,12-13H,4-7,9H2,1H3,(H,18,19). The van der Waals surface area contributed by atoms with Crippen LogP contribution < -0.4 is 0 Å². The van der Waals surface area contributed by atoms with Gasteiger partial charge in [0.15, 0.2) is 0 Å². The van der Waals surface area contributed by atoms with Gasteiger partial charge in [0.2, 0.25) is 0 Å². The summed E-state index contributed by atoms with van der Waals surface area (Å²) < 4.78 is 0. The lowest BCUT2D eigenvalue weighted by Gasteiger charge is -2.28. The summed E-state index contributed by atoms with van der Waals surface area (Å²) in [7, 11) is 1.81. The Labute approximate surface area is 128 Å². The van der Waals surface area contributed by atoms with Gasteiger partial charge in [-0.3, -0.25) is 4.79 Å². The molecule has 2 aliphatic rings. The molecule has 2 fully saturated rings. The highest BCUT2D eigenvalue weighted by molar-refractivity contribution is 7.09. The summed E-state index contributed by atoms with van der Waals surface area (Å²) in [6.07, 6.45) is 3.24. The van der Waals surface area contributed by atoms with Crippen LogP contribution >= 0.6 is 11.3 Å². The van der Waals surface area contributed by atoms with Crippen molar-refractivity contribution in [1.29, 1.82) is 0 Å². The van der Waals surface area contributed by atoms with Crippen LogP contribution in [0.25, 0.3) is 0 Å². The minimum absolute atomic E-state index is 0.0113. The number of urea groups is 1. The predicted molar refractivity (Wildman–Crippen MR) is 80.4 cm³/mol. The normalized spacial score (nSPS) is 27.1. The number of fused-ring (bicyclic) bond motifs is 2. The topological polar surface area (TPSA) is 60.9 Å². The van der Waals surface area contributed by atoms with Gasteiger partial charge in [0, 0.05) is 30.6 Å². The lowest BCUT2D eigenvalue weighted by Crippen LogP contribution is -2.45. The van der Waals surface area contributed by atoms with E-state index in [1.807, 2.05) is 23.4 Å². The molecule has 1 aromatic rings. The second-order valence-electron chi connectivity index (χ2n) is 5.92. The molecule has 1 N–H and O–H groups in total. The van der Waals surface area contributed by atoms with E-state index in [2.05, 4.69) is 6.07 Å². The molecule has 6 heteroatoms. The van der Waals surface area contributed by atoms with E-state index in [9.17, 15) is 14.7 Å². The summed E-state index contributed by atoms with van der Waals surface area (Å²) >= 11 is 1.70.